The molecule has 2 amide bonds. The van der Waals surface area contributed by atoms with E-state index in [4.69, 9.17) is 0 Å². The largest absolute Gasteiger partial charge is 0.351 e. The third kappa shape index (κ3) is 5.02. The molecular formula is C17H25N3O4S. The van der Waals surface area contributed by atoms with Crippen molar-refractivity contribution < 1.29 is 18.0 Å². The Morgan fingerprint density at radius 3 is 2.44 bits per heavy atom. The van der Waals surface area contributed by atoms with Gasteiger partial charge in [-0.05, 0) is 45.0 Å². The summed E-state index contributed by atoms with van der Waals surface area (Å²) in [6.45, 7) is 4.47. The number of amides is 2. The number of nitrogens with one attached hydrogen (secondary N) is 2. The second-order valence-corrected chi connectivity index (χ2v) is 8.35. The zero-order valence-corrected chi connectivity index (χ0v) is 15.6. The molecule has 1 fully saturated rings. The predicted octanol–water partition coefficient (Wildman–Crippen LogP) is 0.653. The Morgan fingerprint density at radius 1 is 1.28 bits per heavy atom. The molecule has 7 nitrogen and oxygen atoms in total. The van der Waals surface area contributed by atoms with Crippen LogP contribution in [0.15, 0.2) is 29.2 Å². The van der Waals surface area contributed by atoms with Crippen LogP contribution in [-0.2, 0) is 26.0 Å². The topological polar surface area (TPSA) is 95.6 Å². The average molecular weight is 367 g/mol. The Hall–Kier alpha value is -1.93. The van der Waals surface area contributed by atoms with E-state index in [1.165, 1.54) is 19.2 Å². The number of carbonyl (C=O) groups excluding carboxylic acids is 2. The van der Waals surface area contributed by atoms with Gasteiger partial charge in [0.15, 0.2) is 0 Å². The van der Waals surface area contributed by atoms with Gasteiger partial charge in [-0.1, -0.05) is 12.1 Å². The Kier molecular flexibility index (Phi) is 6.18. The molecule has 1 aromatic carbocycles. The molecule has 1 heterocycles. The van der Waals surface area contributed by atoms with Gasteiger partial charge in [0.1, 0.15) is 0 Å². The number of rotatable bonds is 7. The molecule has 1 aromatic rings. The number of nitrogens with zero attached hydrogens (tertiary/aromatic N) is 1. The number of hydrogen-bond donors (Lipinski definition) is 2. The molecular weight excluding hydrogens is 342 g/mol. The first kappa shape index (κ1) is 19.4. The fourth-order valence-electron chi connectivity index (χ4n) is 2.84. The lowest BCUT2D eigenvalue weighted by Gasteiger charge is -2.21. The fraction of sp³-hybridized carbons (Fsp3) is 0.529. The number of likely N-dealkylation sites (tertiary alicyclic amines) is 1. The van der Waals surface area contributed by atoms with Gasteiger partial charge in [-0.25, -0.2) is 13.1 Å². The van der Waals surface area contributed by atoms with Crippen LogP contribution in [0.1, 0.15) is 32.3 Å². The summed E-state index contributed by atoms with van der Waals surface area (Å²) in [5.74, 6) is -0.0306. The van der Waals surface area contributed by atoms with E-state index in [1.54, 1.807) is 17.0 Å². The molecule has 0 unspecified atom stereocenters. The van der Waals surface area contributed by atoms with Gasteiger partial charge in [0.2, 0.25) is 21.8 Å². The van der Waals surface area contributed by atoms with Gasteiger partial charge in [-0.3, -0.25) is 9.59 Å². The molecule has 2 rings (SSSR count). The SMILES string of the molecule is CNS(=O)(=O)c1ccc(CCC(=O)N[C@@H]2CC(=O)N(C(C)C)C2)cc1. The van der Waals surface area contributed by atoms with Gasteiger partial charge in [-0.15, -0.1) is 0 Å². The van der Waals surface area contributed by atoms with Crippen molar-refractivity contribution in [2.45, 2.75) is 50.1 Å². The van der Waals surface area contributed by atoms with Crippen molar-refractivity contribution in [2.75, 3.05) is 13.6 Å². The van der Waals surface area contributed by atoms with Crippen LogP contribution in [0.5, 0.6) is 0 Å². The minimum atomic E-state index is -3.45. The molecule has 1 atom stereocenters. The quantitative estimate of drug-likeness (QED) is 0.740. The molecule has 1 aliphatic heterocycles. The summed E-state index contributed by atoms with van der Waals surface area (Å²) in [6, 6.07) is 6.46. The number of sulfonamides is 1. The highest BCUT2D eigenvalue weighted by molar-refractivity contribution is 7.89. The molecule has 0 saturated carbocycles. The van der Waals surface area contributed by atoms with Gasteiger partial charge in [0.05, 0.1) is 10.9 Å². The lowest BCUT2D eigenvalue weighted by atomic mass is 10.1. The van der Waals surface area contributed by atoms with Crippen LogP contribution in [-0.4, -0.2) is 50.8 Å². The van der Waals surface area contributed by atoms with E-state index in [-0.39, 0.29) is 28.8 Å². The standard InChI is InChI=1S/C17H25N3O4S/c1-12(2)20-11-14(10-17(20)22)19-16(21)9-6-13-4-7-15(8-5-13)25(23,24)18-3/h4-5,7-8,12,14,18H,6,9-11H2,1-3H3,(H,19,21)/t14-/m1/s1. The summed E-state index contributed by atoms with van der Waals surface area (Å²) in [7, 11) is -2.08. The molecule has 0 spiro atoms. The first-order valence-electron chi connectivity index (χ1n) is 8.34. The molecule has 0 aromatic heterocycles. The van der Waals surface area contributed by atoms with Crippen molar-refractivity contribution in [1.82, 2.24) is 14.9 Å². The minimum absolute atomic E-state index is 0.0710. The third-order valence-electron chi connectivity index (χ3n) is 4.29. The normalized spacial score (nSPS) is 18.0. The number of carbonyl (C=O) groups is 2. The van der Waals surface area contributed by atoms with Crippen molar-refractivity contribution in [1.29, 1.82) is 0 Å². The summed E-state index contributed by atoms with van der Waals surface area (Å²) in [5.41, 5.74) is 0.886. The highest BCUT2D eigenvalue weighted by atomic mass is 32.2. The highest BCUT2D eigenvalue weighted by Gasteiger charge is 2.31. The Bertz CT molecular complexity index is 729. The zero-order valence-electron chi connectivity index (χ0n) is 14.8. The Balaban J connectivity index is 1.84. The molecule has 25 heavy (non-hydrogen) atoms. The molecule has 1 aliphatic rings. The highest BCUT2D eigenvalue weighted by Crippen LogP contribution is 2.15. The number of benzene rings is 1. The first-order chi connectivity index (χ1) is 11.7. The summed E-state index contributed by atoms with van der Waals surface area (Å²) in [5, 5.41) is 2.90. The predicted molar refractivity (Wildman–Crippen MR) is 94.4 cm³/mol. The summed E-state index contributed by atoms with van der Waals surface area (Å²) in [4.78, 5) is 25.9. The third-order valence-corrected chi connectivity index (χ3v) is 5.72. The Labute approximate surface area is 148 Å². The van der Waals surface area contributed by atoms with Gasteiger partial charge in [0, 0.05) is 25.4 Å². The Morgan fingerprint density at radius 2 is 1.92 bits per heavy atom. The van der Waals surface area contributed by atoms with Crippen LogP contribution in [0.25, 0.3) is 0 Å². The average Bonchev–Trinajstić information content (AvgIpc) is 2.94. The molecule has 0 bridgehead atoms. The summed E-state index contributed by atoms with van der Waals surface area (Å²) < 4.78 is 25.6. The van der Waals surface area contributed by atoms with Gasteiger partial charge >= 0.3 is 0 Å². The smallest absolute Gasteiger partial charge is 0.240 e. The van der Waals surface area contributed by atoms with E-state index < -0.39 is 10.0 Å². The van der Waals surface area contributed by atoms with Crippen molar-refractivity contribution in [3.63, 3.8) is 0 Å². The number of hydrogen-bond acceptors (Lipinski definition) is 4. The summed E-state index contributed by atoms with van der Waals surface area (Å²) >= 11 is 0. The van der Waals surface area contributed by atoms with Crippen LogP contribution in [0, 0.1) is 0 Å². The van der Waals surface area contributed by atoms with Gasteiger partial charge in [0.25, 0.3) is 0 Å². The fourth-order valence-corrected chi connectivity index (χ4v) is 3.57. The second-order valence-electron chi connectivity index (χ2n) is 6.46. The van der Waals surface area contributed by atoms with E-state index in [1.807, 2.05) is 13.8 Å². The molecule has 0 aliphatic carbocycles. The van der Waals surface area contributed by atoms with Gasteiger partial charge in [-0.2, -0.15) is 0 Å². The molecule has 1 saturated heterocycles. The monoisotopic (exact) mass is 367 g/mol. The maximum Gasteiger partial charge on any atom is 0.240 e. The van der Waals surface area contributed by atoms with Crippen LogP contribution >= 0.6 is 0 Å². The van der Waals surface area contributed by atoms with Crippen molar-refractivity contribution in [3.8, 4) is 0 Å². The van der Waals surface area contributed by atoms with E-state index >= 15 is 0 Å². The number of aryl methyl sites for hydroxylation is 1. The second kappa shape index (κ2) is 7.97. The van der Waals surface area contributed by atoms with Crippen LogP contribution in [0.3, 0.4) is 0 Å². The lowest BCUT2D eigenvalue weighted by molar-refractivity contribution is -0.129. The van der Waals surface area contributed by atoms with E-state index in [9.17, 15) is 18.0 Å². The molecule has 0 radical (unpaired) electrons. The lowest BCUT2D eigenvalue weighted by Crippen LogP contribution is -2.38. The summed E-state index contributed by atoms with van der Waals surface area (Å²) in [6.07, 6.45) is 1.16. The van der Waals surface area contributed by atoms with Crippen LogP contribution in [0.4, 0.5) is 0 Å². The zero-order chi connectivity index (χ0) is 18.6. The van der Waals surface area contributed by atoms with Crippen molar-refractivity contribution in [3.05, 3.63) is 29.8 Å². The van der Waals surface area contributed by atoms with E-state index in [0.717, 1.165) is 5.56 Å². The molecule has 8 heteroatoms. The van der Waals surface area contributed by atoms with Crippen LogP contribution in [0.2, 0.25) is 0 Å². The van der Waals surface area contributed by atoms with Gasteiger partial charge < -0.3 is 10.2 Å². The molecule has 2 N–H and O–H groups in total. The first-order valence-corrected chi connectivity index (χ1v) is 9.82. The van der Waals surface area contributed by atoms with Crippen molar-refractivity contribution in [2.24, 2.45) is 0 Å². The maximum atomic E-state index is 12.1. The minimum Gasteiger partial charge on any atom is -0.351 e. The van der Waals surface area contributed by atoms with Crippen LogP contribution < -0.4 is 10.0 Å². The maximum absolute atomic E-state index is 12.1. The molecule has 138 valence electrons. The van der Waals surface area contributed by atoms with Crippen molar-refractivity contribution >= 4 is 21.8 Å². The van der Waals surface area contributed by atoms with E-state index in [2.05, 4.69) is 10.0 Å². The van der Waals surface area contributed by atoms with E-state index in [0.29, 0.717) is 25.8 Å².